The molecule has 0 aliphatic rings. The van der Waals surface area contributed by atoms with Crippen LogP contribution < -0.4 is 0 Å². The summed E-state index contributed by atoms with van der Waals surface area (Å²) in [6.45, 7) is 8.20. The fourth-order valence-electron chi connectivity index (χ4n) is 0.268. The van der Waals surface area contributed by atoms with Crippen LogP contribution in [0.3, 0.4) is 0 Å². The van der Waals surface area contributed by atoms with Crippen molar-refractivity contribution in [3.05, 3.63) is 13.3 Å². The third-order valence-corrected chi connectivity index (χ3v) is 0.543. The molecule has 0 rings (SSSR count). The third-order valence-electron chi connectivity index (χ3n) is 0.543. The quantitative estimate of drug-likeness (QED) is 0.560. The predicted octanol–water partition coefficient (Wildman–Crippen LogP) is 1.88. The average Bonchev–Trinajstić information content (AvgIpc) is 1.66. The number of azo groups is 1. The van der Waals surface area contributed by atoms with Gasteiger partial charge in [-0.05, 0) is 0 Å². The zero-order valence-corrected chi connectivity index (χ0v) is 12.3. The Bertz CT molecular complexity index is 74.1. The van der Waals surface area contributed by atoms with E-state index in [1.807, 2.05) is 20.3 Å². The molecule has 0 aliphatic carbocycles. The maximum Gasteiger partial charge on any atom is 0 e. The van der Waals surface area contributed by atoms with Gasteiger partial charge < -0.3 is 13.3 Å². The molecule has 0 unspecified atom stereocenters. The second-order valence-corrected chi connectivity index (χ2v) is 1.70. The molecule has 0 aromatic heterocycles. The van der Waals surface area contributed by atoms with E-state index in [1.165, 1.54) is 0 Å². The molecule has 0 N–H and O–H groups in total. The van der Waals surface area contributed by atoms with E-state index >= 15 is 0 Å². The van der Waals surface area contributed by atoms with E-state index in [0.29, 0.717) is 6.54 Å². The Morgan fingerprint density at radius 1 is 1.50 bits per heavy atom. The first kappa shape index (κ1) is 17.8. The summed E-state index contributed by atoms with van der Waals surface area (Å²) in [4.78, 5) is 0. The fourth-order valence-corrected chi connectivity index (χ4v) is 0.268. The Hall–Kier alpha value is 1.81. The summed E-state index contributed by atoms with van der Waals surface area (Å²) in [5.41, 5.74) is 0. The minimum Gasteiger partial charge on any atom is -0.318 e. The fraction of sp³-hybridized carbons (Fsp3) is 0.667. The van der Waals surface area contributed by atoms with Crippen molar-refractivity contribution in [3.63, 3.8) is 0 Å². The molecule has 54 valence electrons. The van der Waals surface area contributed by atoms with Crippen LogP contribution >= 0.6 is 0 Å². The van der Waals surface area contributed by atoms with Crippen molar-refractivity contribution >= 4 is 0 Å². The van der Waals surface area contributed by atoms with Crippen LogP contribution in [-0.4, -0.2) is 12.6 Å². The van der Waals surface area contributed by atoms with E-state index in [2.05, 4.69) is 17.2 Å². The van der Waals surface area contributed by atoms with Crippen LogP contribution in [0.15, 0.2) is 10.2 Å². The molecule has 0 heterocycles. The second-order valence-electron chi connectivity index (χ2n) is 1.70. The van der Waals surface area contributed by atoms with Gasteiger partial charge in [-0.25, -0.2) is 10.2 Å². The normalized spacial score (nSPS) is 11.9. The SMILES string of the molecule is [CH2-][C@H](C)N=NC[CH-]C.[Y].[Y]. The van der Waals surface area contributed by atoms with Gasteiger partial charge in [0.1, 0.15) is 0 Å². The maximum atomic E-state index is 3.80. The molecule has 0 saturated carbocycles. The van der Waals surface area contributed by atoms with Crippen LogP contribution in [0.1, 0.15) is 13.8 Å². The van der Waals surface area contributed by atoms with E-state index in [-0.39, 0.29) is 71.5 Å². The molecule has 0 amide bonds. The summed E-state index contributed by atoms with van der Waals surface area (Å²) in [5, 5.41) is 7.59. The molecular weight excluding hydrogens is 278 g/mol. The molecule has 0 aliphatic heterocycles. The van der Waals surface area contributed by atoms with E-state index in [4.69, 9.17) is 0 Å². The van der Waals surface area contributed by atoms with Gasteiger partial charge in [0.2, 0.25) is 0 Å². The Kier molecular flexibility index (Phi) is 23.8. The molecule has 0 fully saturated rings. The summed E-state index contributed by atoms with van der Waals surface area (Å²) < 4.78 is 0. The molecule has 0 saturated heterocycles. The smallest absolute Gasteiger partial charge is 0 e. The number of hydrogen-bond acceptors (Lipinski definition) is 2. The van der Waals surface area contributed by atoms with Crippen molar-refractivity contribution in [2.45, 2.75) is 19.9 Å². The first-order valence-electron chi connectivity index (χ1n) is 2.75. The molecule has 0 aromatic carbocycles. The summed E-state index contributed by atoms with van der Waals surface area (Å²) in [5.74, 6) is 0. The molecule has 10 heavy (non-hydrogen) atoms. The molecule has 1 atom stereocenters. The van der Waals surface area contributed by atoms with E-state index < -0.39 is 0 Å². The van der Waals surface area contributed by atoms with Crippen LogP contribution in [0.5, 0.6) is 0 Å². The maximum absolute atomic E-state index is 3.80. The van der Waals surface area contributed by atoms with Gasteiger partial charge in [-0.1, -0.05) is 19.5 Å². The molecule has 0 bridgehead atoms. The van der Waals surface area contributed by atoms with Crippen LogP contribution in [0.4, 0.5) is 0 Å². The first-order chi connectivity index (χ1) is 3.77. The van der Waals surface area contributed by atoms with Gasteiger partial charge in [-0.2, -0.15) is 6.92 Å². The number of nitrogens with zero attached hydrogens (tertiary/aromatic N) is 2. The van der Waals surface area contributed by atoms with Gasteiger partial charge in [-0.3, -0.25) is 0 Å². The van der Waals surface area contributed by atoms with Crippen molar-refractivity contribution in [2.75, 3.05) is 6.54 Å². The predicted molar refractivity (Wildman–Crippen MR) is 34.5 cm³/mol. The topological polar surface area (TPSA) is 24.7 Å². The second kappa shape index (κ2) is 13.4. The largest absolute Gasteiger partial charge is 0.318 e. The molecular formula is C6H12N2Y2-2. The van der Waals surface area contributed by atoms with E-state index in [1.54, 1.807) is 0 Å². The Balaban J connectivity index is -0.000000245. The van der Waals surface area contributed by atoms with Crippen molar-refractivity contribution in [2.24, 2.45) is 10.2 Å². The van der Waals surface area contributed by atoms with Gasteiger partial charge >= 0.3 is 0 Å². The summed E-state index contributed by atoms with van der Waals surface area (Å²) >= 11 is 0. The van der Waals surface area contributed by atoms with Gasteiger partial charge in [0, 0.05) is 65.4 Å². The Morgan fingerprint density at radius 3 is 2.30 bits per heavy atom. The zero-order valence-electron chi connectivity index (χ0n) is 6.62. The summed E-state index contributed by atoms with van der Waals surface area (Å²) in [6.07, 6.45) is 1.95. The molecule has 2 nitrogen and oxygen atoms in total. The molecule has 0 aromatic rings. The van der Waals surface area contributed by atoms with Gasteiger partial charge in [0.15, 0.2) is 0 Å². The van der Waals surface area contributed by atoms with Crippen LogP contribution in [-0.2, 0) is 65.4 Å². The third kappa shape index (κ3) is 16.4. The van der Waals surface area contributed by atoms with Gasteiger partial charge in [-0.15, -0.1) is 0 Å². The minimum absolute atomic E-state index is 0. The average molecular weight is 290 g/mol. The van der Waals surface area contributed by atoms with Gasteiger partial charge in [0.25, 0.3) is 0 Å². The monoisotopic (exact) mass is 290 g/mol. The molecule has 4 heteroatoms. The van der Waals surface area contributed by atoms with Crippen LogP contribution in [0.25, 0.3) is 0 Å². The molecule has 2 radical (unpaired) electrons. The van der Waals surface area contributed by atoms with Crippen LogP contribution in [0.2, 0.25) is 0 Å². The van der Waals surface area contributed by atoms with Crippen molar-refractivity contribution < 1.29 is 65.4 Å². The Morgan fingerprint density at radius 2 is 2.00 bits per heavy atom. The van der Waals surface area contributed by atoms with E-state index in [9.17, 15) is 0 Å². The van der Waals surface area contributed by atoms with Crippen molar-refractivity contribution in [3.8, 4) is 0 Å². The number of hydrogen-bond donors (Lipinski definition) is 0. The Labute approximate surface area is 114 Å². The van der Waals surface area contributed by atoms with E-state index in [0.717, 1.165) is 0 Å². The summed E-state index contributed by atoms with van der Waals surface area (Å²) in [6, 6.07) is 0.0925. The van der Waals surface area contributed by atoms with Crippen molar-refractivity contribution in [1.29, 1.82) is 0 Å². The molecule has 0 spiro atoms. The van der Waals surface area contributed by atoms with Crippen LogP contribution in [0, 0.1) is 13.3 Å². The minimum atomic E-state index is 0. The standard InChI is InChI=1S/C6H12N2.2Y/c1-4-5-7-8-6(2)3;;/h4,6H,2,5H2,1,3H3;;/q-2;;/t6-;;/m1../s1. The van der Waals surface area contributed by atoms with Crippen molar-refractivity contribution in [1.82, 2.24) is 0 Å². The van der Waals surface area contributed by atoms with Gasteiger partial charge in [0.05, 0.1) is 0 Å². The first-order valence-corrected chi connectivity index (χ1v) is 2.75. The summed E-state index contributed by atoms with van der Waals surface area (Å²) in [7, 11) is 0. The number of rotatable bonds is 3. The zero-order chi connectivity index (χ0) is 6.41.